The van der Waals surface area contributed by atoms with Crippen molar-refractivity contribution in [3.8, 4) is 0 Å². The molecule has 2 aliphatic heterocycles. The molecule has 0 saturated heterocycles. The van der Waals surface area contributed by atoms with Gasteiger partial charge < -0.3 is 10.2 Å². The molecule has 2 aliphatic rings. The van der Waals surface area contributed by atoms with Crippen LogP contribution >= 0.6 is 0 Å². The van der Waals surface area contributed by atoms with Crippen LogP contribution in [0.5, 0.6) is 0 Å². The number of carbonyl (C=O) groups excluding carboxylic acids is 1. The third kappa shape index (κ3) is 4.47. The van der Waals surface area contributed by atoms with Gasteiger partial charge in [-0.25, -0.2) is 8.42 Å². The lowest BCUT2D eigenvalue weighted by atomic mass is 9.94. The third-order valence-corrected chi connectivity index (χ3v) is 5.95. The maximum absolute atomic E-state index is 12.8. The molecule has 144 valence electrons. The molecule has 0 bridgehead atoms. The lowest BCUT2D eigenvalue weighted by molar-refractivity contribution is -0.118. The average molecular weight is 388 g/mol. The zero-order valence-corrected chi connectivity index (χ0v) is 16.7. The van der Waals surface area contributed by atoms with Crippen molar-refractivity contribution >= 4 is 21.8 Å². The number of hydrogen-bond donors (Lipinski definition) is 1. The normalized spacial score (nSPS) is 19.2. The van der Waals surface area contributed by atoms with Crippen molar-refractivity contribution in [1.82, 2.24) is 10.2 Å². The predicted octanol–water partition coefficient (Wildman–Crippen LogP) is 2.56. The Balaban J connectivity index is 1.77. The van der Waals surface area contributed by atoms with Crippen LogP contribution in [0, 0.1) is 5.92 Å². The summed E-state index contributed by atoms with van der Waals surface area (Å²) in [6, 6.07) is 8.21. The number of nitrogens with one attached hydrogen (secondary N) is 1. The fourth-order valence-electron chi connectivity index (χ4n) is 3.16. The Morgan fingerprint density at radius 1 is 1.22 bits per heavy atom. The number of aryl methyl sites for hydroxylation is 1. The summed E-state index contributed by atoms with van der Waals surface area (Å²) >= 11 is 0. The van der Waals surface area contributed by atoms with E-state index in [0.29, 0.717) is 18.0 Å². The number of amidine groups is 1. The van der Waals surface area contributed by atoms with E-state index in [2.05, 4.69) is 54.8 Å². The summed E-state index contributed by atoms with van der Waals surface area (Å²) in [5.41, 5.74) is 2.82. The number of carbonyl (C=O) groups is 1. The number of hydrogen-bond acceptors (Lipinski definition) is 4. The van der Waals surface area contributed by atoms with Crippen LogP contribution in [-0.2, 0) is 21.2 Å². The SMILES string of the molecule is CCc1ccc(C(NC(=O)C2=CN3CCS(=O)(=O)N=C3C=C2)C(C)C)cc1. The quantitative estimate of drug-likeness (QED) is 0.842. The molecule has 0 spiro atoms. The van der Waals surface area contributed by atoms with Crippen molar-refractivity contribution in [3.05, 3.63) is 59.3 Å². The van der Waals surface area contributed by atoms with Crippen LogP contribution in [0.25, 0.3) is 0 Å². The number of amides is 1. The van der Waals surface area contributed by atoms with Gasteiger partial charge in [0.2, 0.25) is 0 Å². The van der Waals surface area contributed by atoms with Crippen LogP contribution in [0.3, 0.4) is 0 Å². The minimum Gasteiger partial charge on any atom is -0.345 e. The van der Waals surface area contributed by atoms with Crippen LogP contribution < -0.4 is 5.32 Å². The fraction of sp³-hybridized carbons (Fsp3) is 0.400. The van der Waals surface area contributed by atoms with Gasteiger partial charge in [-0.1, -0.05) is 45.0 Å². The summed E-state index contributed by atoms with van der Waals surface area (Å²) in [4.78, 5) is 14.5. The summed E-state index contributed by atoms with van der Waals surface area (Å²) in [5.74, 6) is 0.353. The van der Waals surface area contributed by atoms with E-state index >= 15 is 0 Å². The van der Waals surface area contributed by atoms with Gasteiger partial charge >= 0.3 is 0 Å². The van der Waals surface area contributed by atoms with Gasteiger partial charge in [0.25, 0.3) is 15.9 Å². The van der Waals surface area contributed by atoms with Crippen molar-refractivity contribution < 1.29 is 13.2 Å². The Bertz CT molecular complexity index is 912. The van der Waals surface area contributed by atoms with E-state index in [1.807, 2.05) is 0 Å². The number of rotatable bonds is 5. The highest BCUT2D eigenvalue weighted by Crippen LogP contribution is 2.24. The van der Waals surface area contributed by atoms with E-state index in [9.17, 15) is 13.2 Å². The Morgan fingerprint density at radius 2 is 1.93 bits per heavy atom. The van der Waals surface area contributed by atoms with E-state index in [0.717, 1.165) is 12.0 Å². The molecule has 0 aliphatic carbocycles. The summed E-state index contributed by atoms with van der Waals surface area (Å²) in [6.07, 6.45) is 5.83. The molecule has 3 rings (SSSR count). The number of fused-ring (bicyclic) bond motifs is 1. The van der Waals surface area contributed by atoms with Gasteiger partial charge in [-0.05, 0) is 35.6 Å². The molecule has 1 aromatic rings. The minimum absolute atomic E-state index is 0.0475. The van der Waals surface area contributed by atoms with Crippen molar-refractivity contribution in [2.75, 3.05) is 12.3 Å². The first-order chi connectivity index (χ1) is 12.8. The first-order valence-electron chi connectivity index (χ1n) is 9.18. The number of nitrogens with zero attached hydrogens (tertiary/aromatic N) is 2. The maximum Gasteiger partial charge on any atom is 0.256 e. The van der Waals surface area contributed by atoms with Gasteiger partial charge in [0.15, 0.2) is 0 Å². The number of sulfonamides is 1. The molecule has 1 amide bonds. The molecule has 0 fully saturated rings. The van der Waals surface area contributed by atoms with Gasteiger partial charge in [0, 0.05) is 12.7 Å². The Kier molecular flexibility index (Phi) is 5.51. The largest absolute Gasteiger partial charge is 0.345 e. The smallest absolute Gasteiger partial charge is 0.256 e. The Hall–Kier alpha value is -2.41. The van der Waals surface area contributed by atoms with Crippen LogP contribution in [0.2, 0.25) is 0 Å². The predicted molar refractivity (Wildman–Crippen MR) is 107 cm³/mol. The second-order valence-corrected chi connectivity index (χ2v) is 8.89. The highest BCUT2D eigenvalue weighted by molar-refractivity contribution is 7.90. The van der Waals surface area contributed by atoms with Gasteiger partial charge in [-0.3, -0.25) is 4.79 Å². The minimum atomic E-state index is -3.40. The lowest BCUT2D eigenvalue weighted by Gasteiger charge is -2.28. The Morgan fingerprint density at radius 3 is 2.56 bits per heavy atom. The number of benzene rings is 1. The van der Waals surface area contributed by atoms with Crippen molar-refractivity contribution in [1.29, 1.82) is 0 Å². The topological polar surface area (TPSA) is 78.8 Å². The average Bonchev–Trinajstić information content (AvgIpc) is 2.64. The zero-order chi connectivity index (χ0) is 19.6. The van der Waals surface area contributed by atoms with Gasteiger partial charge in [0.1, 0.15) is 5.84 Å². The van der Waals surface area contributed by atoms with E-state index in [4.69, 9.17) is 0 Å². The second-order valence-electron chi connectivity index (χ2n) is 7.14. The molecule has 2 heterocycles. The molecule has 0 aromatic heterocycles. The zero-order valence-electron chi connectivity index (χ0n) is 15.8. The molecule has 0 radical (unpaired) electrons. The fourth-order valence-corrected chi connectivity index (χ4v) is 4.12. The first kappa shape index (κ1) is 19.4. The molecule has 1 N–H and O–H groups in total. The Labute approximate surface area is 160 Å². The van der Waals surface area contributed by atoms with E-state index in [1.54, 1.807) is 23.3 Å². The van der Waals surface area contributed by atoms with Crippen LogP contribution in [0.15, 0.2) is 52.6 Å². The summed E-state index contributed by atoms with van der Waals surface area (Å²) in [6.45, 7) is 6.56. The molecule has 1 atom stereocenters. The van der Waals surface area contributed by atoms with Gasteiger partial charge in [-0.15, -0.1) is 4.40 Å². The van der Waals surface area contributed by atoms with E-state index in [1.165, 1.54) is 5.56 Å². The molecular weight excluding hydrogens is 362 g/mol. The molecule has 1 unspecified atom stereocenters. The molecule has 7 heteroatoms. The van der Waals surface area contributed by atoms with Crippen molar-refractivity contribution in [3.63, 3.8) is 0 Å². The van der Waals surface area contributed by atoms with Crippen LogP contribution in [0.1, 0.15) is 37.9 Å². The second kappa shape index (κ2) is 7.68. The van der Waals surface area contributed by atoms with Crippen molar-refractivity contribution in [2.45, 2.75) is 33.2 Å². The van der Waals surface area contributed by atoms with Crippen molar-refractivity contribution in [2.24, 2.45) is 10.3 Å². The van der Waals surface area contributed by atoms with Gasteiger partial charge in [-0.2, -0.15) is 0 Å². The standard InChI is InChI=1S/C20H25N3O3S/c1-4-15-5-7-16(8-6-15)19(14(2)3)21-20(24)17-9-10-18-22-27(25,26)12-11-23(18)13-17/h5-10,13-14,19H,4,11-12H2,1-3H3,(H,21,24). The van der Waals surface area contributed by atoms with Gasteiger partial charge in [0.05, 0.1) is 17.4 Å². The molecular formula is C20H25N3O3S. The van der Waals surface area contributed by atoms with Crippen LogP contribution in [0.4, 0.5) is 0 Å². The highest BCUT2D eigenvalue weighted by Gasteiger charge is 2.26. The lowest BCUT2D eigenvalue weighted by Crippen LogP contribution is -2.39. The van der Waals surface area contributed by atoms with E-state index in [-0.39, 0.29) is 23.6 Å². The van der Waals surface area contributed by atoms with E-state index < -0.39 is 10.0 Å². The molecule has 0 saturated carbocycles. The molecule has 1 aromatic carbocycles. The summed E-state index contributed by atoms with van der Waals surface area (Å²) in [7, 11) is -3.40. The highest BCUT2D eigenvalue weighted by atomic mass is 32.2. The molecule has 27 heavy (non-hydrogen) atoms. The maximum atomic E-state index is 12.8. The summed E-state index contributed by atoms with van der Waals surface area (Å²) in [5, 5.41) is 3.11. The third-order valence-electron chi connectivity index (χ3n) is 4.79. The molecule has 6 nitrogen and oxygen atoms in total. The summed E-state index contributed by atoms with van der Waals surface area (Å²) < 4.78 is 26.9. The first-order valence-corrected chi connectivity index (χ1v) is 10.8. The van der Waals surface area contributed by atoms with Crippen LogP contribution in [-0.4, -0.2) is 37.4 Å². The monoisotopic (exact) mass is 387 g/mol.